The fourth-order valence-corrected chi connectivity index (χ4v) is 2.43. The first-order valence-corrected chi connectivity index (χ1v) is 6.10. The Hall–Kier alpha value is -1.44. The average molecular weight is 303 g/mol. The standard InChI is InChI=1S/C9H4Cl2N4O2S/c10-5-2-1-3-12-8(5)18-9-6(15(16)17)7(11)13-4-14-9/h1-4H. The van der Waals surface area contributed by atoms with Crippen molar-refractivity contribution in [1.29, 1.82) is 0 Å². The summed E-state index contributed by atoms with van der Waals surface area (Å²) in [5, 5.41) is 11.6. The number of pyridine rings is 1. The number of rotatable bonds is 3. The van der Waals surface area contributed by atoms with Gasteiger partial charge in [-0.25, -0.2) is 15.0 Å². The predicted octanol–water partition coefficient (Wildman–Crippen LogP) is 3.24. The largest absolute Gasteiger partial charge is 0.338 e. The average Bonchev–Trinajstić information content (AvgIpc) is 2.31. The van der Waals surface area contributed by atoms with Crippen molar-refractivity contribution in [2.24, 2.45) is 0 Å². The van der Waals surface area contributed by atoms with E-state index in [9.17, 15) is 10.1 Å². The van der Waals surface area contributed by atoms with Crippen molar-refractivity contribution in [2.75, 3.05) is 0 Å². The summed E-state index contributed by atoms with van der Waals surface area (Å²) in [5.74, 6) is 0. The first kappa shape index (κ1) is 13.0. The van der Waals surface area contributed by atoms with Crippen molar-refractivity contribution in [3.63, 3.8) is 0 Å². The quantitative estimate of drug-likeness (QED) is 0.492. The van der Waals surface area contributed by atoms with E-state index in [2.05, 4.69) is 15.0 Å². The van der Waals surface area contributed by atoms with Gasteiger partial charge >= 0.3 is 5.69 Å². The van der Waals surface area contributed by atoms with E-state index in [1.807, 2.05) is 0 Å². The first-order valence-electron chi connectivity index (χ1n) is 4.53. The van der Waals surface area contributed by atoms with Gasteiger partial charge in [0.05, 0.1) is 9.95 Å². The Balaban J connectivity index is 2.44. The Morgan fingerprint density at radius 3 is 2.67 bits per heavy atom. The Kier molecular flexibility index (Phi) is 3.95. The lowest BCUT2D eigenvalue weighted by Crippen LogP contribution is -1.97. The molecule has 0 bridgehead atoms. The SMILES string of the molecule is O=[N+]([O-])c1c(Cl)ncnc1Sc1ncccc1Cl. The molecule has 2 aromatic rings. The van der Waals surface area contributed by atoms with E-state index in [0.717, 1.165) is 18.1 Å². The minimum atomic E-state index is -0.637. The van der Waals surface area contributed by atoms with Crippen molar-refractivity contribution in [3.05, 3.63) is 44.9 Å². The van der Waals surface area contributed by atoms with Crippen LogP contribution in [0.1, 0.15) is 0 Å². The summed E-state index contributed by atoms with van der Waals surface area (Å²) < 4.78 is 0. The molecule has 0 fully saturated rings. The summed E-state index contributed by atoms with van der Waals surface area (Å²) in [5.41, 5.74) is -0.356. The second-order valence-corrected chi connectivity index (χ2v) is 4.71. The Bertz CT molecular complexity index is 611. The van der Waals surface area contributed by atoms with Crippen LogP contribution in [0.4, 0.5) is 5.69 Å². The predicted molar refractivity (Wildman–Crippen MR) is 67.1 cm³/mol. The number of nitrogens with zero attached hydrogens (tertiary/aromatic N) is 4. The normalized spacial score (nSPS) is 10.3. The van der Waals surface area contributed by atoms with Crippen molar-refractivity contribution in [3.8, 4) is 0 Å². The maximum atomic E-state index is 10.9. The molecule has 2 heterocycles. The fourth-order valence-electron chi connectivity index (χ4n) is 1.11. The molecule has 0 saturated carbocycles. The molecule has 0 amide bonds. The third kappa shape index (κ3) is 2.69. The Labute approximate surface area is 116 Å². The number of nitro groups is 1. The molecule has 0 spiro atoms. The summed E-state index contributed by atoms with van der Waals surface area (Å²) in [6.45, 7) is 0. The van der Waals surface area contributed by atoms with Crippen LogP contribution in [0.15, 0.2) is 34.7 Å². The Morgan fingerprint density at radius 2 is 2.00 bits per heavy atom. The molecule has 2 aromatic heterocycles. The van der Waals surface area contributed by atoms with E-state index in [1.54, 1.807) is 12.1 Å². The molecule has 0 radical (unpaired) electrons. The molecule has 0 aliphatic rings. The summed E-state index contributed by atoms with van der Waals surface area (Å²) in [4.78, 5) is 21.7. The van der Waals surface area contributed by atoms with Gasteiger partial charge in [0.25, 0.3) is 0 Å². The van der Waals surface area contributed by atoms with Crippen LogP contribution < -0.4 is 0 Å². The highest BCUT2D eigenvalue weighted by Gasteiger charge is 2.23. The zero-order valence-corrected chi connectivity index (χ0v) is 10.9. The molecule has 6 nitrogen and oxygen atoms in total. The monoisotopic (exact) mass is 302 g/mol. The molecule has 0 aliphatic heterocycles. The van der Waals surface area contributed by atoms with Gasteiger partial charge < -0.3 is 0 Å². The highest BCUT2D eigenvalue weighted by molar-refractivity contribution is 7.99. The van der Waals surface area contributed by atoms with Gasteiger partial charge in [0.1, 0.15) is 11.4 Å². The lowest BCUT2D eigenvalue weighted by molar-refractivity contribution is -0.388. The van der Waals surface area contributed by atoms with Crippen LogP contribution in [0.25, 0.3) is 0 Å². The fraction of sp³-hybridized carbons (Fsp3) is 0. The van der Waals surface area contributed by atoms with Gasteiger partial charge in [-0.2, -0.15) is 0 Å². The van der Waals surface area contributed by atoms with E-state index in [1.165, 1.54) is 6.20 Å². The van der Waals surface area contributed by atoms with Gasteiger partial charge in [0.15, 0.2) is 5.03 Å². The maximum absolute atomic E-state index is 10.9. The lowest BCUT2D eigenvalue weighted by atomic mass is 10.5. The summed E-state index contributed by atoms with van der Waals surface area (Å²) in [6.07, 6.45) is 2.68. The van der Waals surface area contributed by atoms with E-state index in [-0.39, 0.29) is 15.9 Å². The van der Waals surface area contributed by atoms with Crippen molar-refractivity contribution in [2.45, 2.75) is 10.1 Å². The summed E-state index contributed by atoms with van der Waals surface area (Å²) in [6, 6.07) is 3.29. The van der Waals surface area contributed by atoms with Crippen LogP contribution >= 0.6 is 35.0 Å². The minimum Gasteiger partial charge on any atom is -0.258 e. The van der Waals surface area contributed by atoms with E-state index >= 15 is 0 Å². The molecule has 18 heavy (non-hydrogen) atoms. The maximum Gasteiger partial charge on any atom is 0.338 e. The van der Waals surface area contributed by atoms with E-state index in [0.29, 0.717) is 10.0 Å². The Morgan fingerprint density at radius 1 is 1.22 bits per heavy atom. The zero-order chi connectivity index (χ0) is 13.1. The van der Waals surface area contributed by atoms with Crippen LogP contribution in [-0.4, -0.2) is 19.9 Å². The van der Waals surface area contributed by atoms with Gasteiger partial charge in [-0.15, -0.1) is 0 Å². The molecule has 92 valence electrons. The van der Waals surface area contributed by atoms with Crippen LogP contribution in [0.5, 0.6) is 0 Å². The van der Waals surface area contributed by atoms with Crippen molar-refractivity contribution in [1.82, 2.24) is 15.0 Å². The smallest absolute Gasteiger partial charge is 0.258 e. The zero-order valence-electron chi connectivity index (χ0n) is 8.58. The first-order chi connectivity index (χ1) is 8.59. The second kappa shape index (κ2) is 5.47. The van der Waals surface area contributed by atoms with Crippen LogP contribution in [0.3, 0.4) is 0 Å². The summed E-state index contributed by atoms with van der Waals surface area (Å²) >= 11 is 12.6. The van der Waals surface area contributed by atoms with Crippen molar-refractivity contribution < 1.29 is 4.92 Å². The van der Waals surface area contributed by atoms with Crippen LogP contribution in [0, 0.1) is 10.1 Å². The number of hydrogen-bond acceptors (Lipinski definition) is 6. The second-order valence-electron chi connectivity index (χ2n) is 2.97. The van der Waals surface area contributed by atoms with Crippen molar-refractivity contribution >= 4 is 40.7 Å². The highest BCUT2D eigenvalue weighted by Crippen LogP contribution is 2.37. The third-order valence-electron chi connectivity index (χ3n) is 1.84. The molecule has 0 unspecified atom stereocenters. The van der Waals surface area contributed by atoms with E-state index in [4.69, 9.17) is 23.2 Å². The molecule has 0 saturated heterocycles. The molecule has 2 rings (SSSR count). The number of hydrogen-bond donors (Lipinski definition) is 0. The third-order valence-corrected chi connectivity index (χ3v) is 3.55. The minimum absolute atomic E-state index is 0.0978. The van der Waals surface area contributed by atoms with Crippen LogP contribution in [0.2, 0.25) is 10.2 Å². The molecule has 0 atom stereocenters. The molecule has 0 aliphatic carbocycles. The van der Waals surface area contributed by atoms with Gasteiger partial charge in [-0.1, -0.05) is 23.2 Å². The molecule has 0 N–H and O–H groups in total. The molecular weight excluding hydrogens is 299 g/mol. The highest BCUT2D eigenvalue weighted by atomic mass is 35.5. The number of aromatic nitrogens is 3. The van der Waals surface area contributed by atoms with Gasteiger partial charge in [-0.05, 0) is 23.9 Å². The molecule has 0 aromatic carbocycles. The number of halogens is 2. The summed E-state index contributed by atoms with van der Waals surface area (Å²) in [7, 11) is 0. The molecule has 9 heteroatoms. The van der Waals surface area contributed by atoms with Gasteiger partial charge in [0.2, 0.25) is 5.15 Å². The van der Waals surface area contributed by atoms with E-state index < -0.39 is 4.92 Å². The van der Waals surface area contributed by atoms with Crippen LogP contribution in [-0.2, 0) is 0 Å². The lowest BCUT2D eigenvalue weighted by Gasteiger charge is -2.03. The molecular formula is C9H4Cl2N4O2S. The topological polar surface area (TPSA) is 81.8 Å². The van der Waals surface area contributed by atoms with Gasteiger partial charge in [0, 0.05) is 6.20 Å². The van der Waals surface area contributed by atoms with Gasteiger partial charge in [-0.3, -0.25) is 10.1 Å².